The summed E-state index contributed by atoms with van der Waals surface area (Å²) in [6.07, 6.45) is 7.39. The van der Waals surface area contributed by atoms with E-state index in [1.165, 1.54) is 11.4 Å². The van der Waals surface area contributed by atoms with E-state index in [0.717, 1.165) is 38.2 Å². The zero-order valence-electron chi connectivity index (χ0n) is 15.9. The fourth-order valence-corrected chi connectivity index (χ4v) is 5.16. The highest BCUT2D eigenvalue weighted by atomic mass is 32.1. The molecule has 1 aliphatic carbocycles. The lowest BCUT2D eigenvalue weighted by Gasteiger charge is -2.34. The molecule has 1 unspecified atom stereocenters. The van der Waals surface area contributed by atoms with Crippen molar-refractivity contribution < 1.29 is 4.79 Å². The highest BCUT2D eigenvalue weighted by Crippen LogP contribution is 2.56. The van der Waals surface area contributed by atoms with Crippen LogP contribution in [0.3, 0.4) is 0 Å². The van der Waals surface area contributed by atoms with Crippen LogP contribution in [-0.2, 0) is 6.54 Å². The molecule has 2 aromatic heterocycles. The third-order valence-corrected chi connectivity index (χ3v) is 6.91. The molecule has 1 amide bonds. The molecule has 140 valence electrons. The number of rotatable bonds is 5. The normalized spacial score (nSPS) is 21.7. The summed E-state index contributed by atoms with van der Waals surface area (Å²) in [7, 11) is 2.22. The Morgan fingerprint density at radius 3 is 2.85 bits per heavy atom. The molecule has 0 N–H and O–H groups in total. The van der Waals surface area contributed by atoms with Crippen LogP contribution in [0.4, 0.5) is 0 Å². The quantitative estimate of drug-likeness (QED) is 0.804. The minimum atomic E-state index is 0.187. The molecule has 1 spiro atoms. The number of hydrogen-bond acceptors (Lipinski definition) is 4. The molecule has 1 saturated carbocycles. The number of hydrogen-bond donors (Lipinski definition) is 0. The molecule has 6 heteroatoms. The third-order valence-electron chi connectivity index (χ3n) is 6.15. The fraction of sp³-hybridized carbons (Fsp3) is 0.600. The molecular weight excluding hydrogens is 344 g/mol. The lowest BCUT2D eigenvalue weighted by atomic mass is 9.92. The Bertz CT molecular complexity index is 759. The molecule has 26 heavy (non-hydrogen) atoms. The standard InChI is InChI=1S/C20H28N4OS/c1-15(2)24-9-4-5-16(24)19(25)23-10-6-20(7-11-23)13-17(20)22(3)14-18-21-8-12-26-18/h4-5,8-9,12,15,17H,6-7,10-11,13-14H2,1-3H3. The minimum Gasteiger partial charge on any atom is -0.341 e. The van der Waals surface area contributed by atoms with Crippen LogP contribution in [0.25, 0.3) is 0 Å². The van der Waals surface area contributed by atoms with Crippen molar-refractivity contribution in [1.82, 2.24) is 19.4 Å². The van der Waals surface area contributed by atoms with Crippen LogP contribution < -0.4 is 0 Å². The smallest absolute Gasteiger partial charge is 0.270 e. The Labute approximate surface area is 159 Å². The Morgan fingerprint density at radius 1 is 1.42 bits per heavy atom. The van der Waals surface area contributed by atoms with Gasteiger partial charge in [0.2, 0.25) is 0 Å². The van der Waals surface area contributed by atoms with Gasteiger partial charge in [-0.15, -0.1) is 11.3 Å². The summed E-state index contributed by atoms with van der Waals surface area (Å²) in [4.78, 5) is 21.8. The van der Waals surface area contributed by atoms with Gasteiger partial charge in [-0.3, -0.25) is 9.69 Å². The van der Waals surface area contributed by atoms with E-state index >= 15 is 0 Å². The largest absolute Gasteiger partial charge is 0.341 e. The monoisotopic (exact) mass is 372 g/mol. The topological polar surface area (TPSA) is 41.4 Å². The lowest BCUT2D eigenvalue weighted by molar-refractivity contribution is 0.0645. The molecule has 2 aromatic rings. The predicted octanol–water partition coefficient (Wildman–Crippen LogP) is 3.65. The van der Waals surface area contributed by atoms with E-state index in [0.29, 0.717) is 17.5 Å². The van der Waals surface area contributed by atoms with E-state index in [2.05, 4.69) is 40.2 Å². The maximum absolute atomic E-state index is 12.9. The van der Waals surface area contributed by atoms with Gasteiger partial charge in [0.25, 0.3) is 5.91 Å². The van der Waals surface area contributed by atoms with Gasteiger partial charge in [0.1, 0.15) is 10.7 Å². The van der Waals surface area contributed by atoms with E-state index < -0.39 is 0 Å². The van der Waals surface area contributed by atoms with Gasteiger partial charge >= 0.3 is 0 Å². The average Bonchev–Trinajstić information content (AvgIpc) is 3.02. The highest BCUT2D eigenvalue weighted by Gasteiger charge is 2.56. The van der Waals surface area contributed by atoms with Gasteiger partial charge in [0.15, 0.2) is 0 Å². The van der Waals surface area contributed by atoms with Crippen molar-refractivity contribution in [2.75, 3.05) is 20.1 Å². The van der Waals surface area contributed by atoms with Gasteiger partial charge in [-0.1, -0.05) is 0 Å². The SMILES string of the molecule is CC(C)n1cccc1C(=O)N1CCC2(CC1)CC2N(C)Cc1nccs1. The molecule has 1 aliphatic heterocycles. The number of amides is 1. The molecule has 2 fully saturated rings. The molecule has 0 bridgehead atoms. The Hall–Kier alpha value is -1.66. The number of carbonyl (C=O) groups excluding carboxylic acids is 1. The van der Waals surface area contributed by atoms with Crippen LogP contribution >= 0.6 is 11.3 Å². The first-order chi connectivity index (χ1) is 12.5. The summed E-state index contributed by atoms with van der Waals surface area (Å²) in [5.74, 6) is 0.187. The summed E-state index contributed by atoms with van der Waals surface area (Å²) >= 11 is 1.73. The van der Waals surface area contributed by atoms with Crippen molar-refractivity contribution in [3.05, 3.63) is 40.6 Å². The molecule has 0 radical (unpaired) electrons. The summed E-state index contributed by atoms with van der Waals surface area (Å²) in [6, 6.07) is 4.88. The predicted molar refractivity (Wildman–Crippen MR) is 104 cm³/mol. The molecule has 4 rings (SSSR count). The van der Waals surface area contributed by atoms with Gasteiger partial charge in [-0.2, -0.15) is 0 Å². The zero-order valence-corrected chi connectivity index (χ0v) is 16.7. The lowest BCUT2D eigenvalue weighted by Crippen LogP contribution is -2.42. The number of nitrogens with zero attached hydrogens (tertiary/aromatic N) is 4. The van der Waals surface area contributed by atoms with Crippen LogP contribution in [0.5, 0.6) is 0 Å². The van der Waals surface area contributed by atoms with E-state index in [1.807, 2.05) is 29.9 Å². The van der Waals surface area contributed by atoms with Gasteiger partial charge < -0.3 is 9.47 Å². The number of thiazole rings is 1. The van der Waals surface area contributed by atoms with Crippen LogP contribution in [0.1, 0.15) is 54.6 Å². The maximum Gasteiger partial charge on any atom is 0.270 e. The number of aromatic nitrogens is 2. The number of carbonyl (C=O) groups is 1. The summed E-state index contributed by atoms with van der Waals surface area (Å²) < 4.78 is 2.08. The van der Waals surface area contributed by atoms with Crippen molar-refractivity contribution >= 4 is 17.2 Å². The average molecular weight is 373 g/mol. The third kappa shape index (κ3) is 3.21. The molecule has 1 saturated heterocycles. The van der Waals surface area contributed by atoms with E-state index in [9.17, 15) is 4.79 Å². The van der Waals surface area contributed by atoms with Crippen molar-refractivity contribution in [2.45, 2.75) is 51.7 Å². The first kappa shape index (κ1) is 17.7. The van der Waals surface area contributed by atoms with Crippen molar-refractivity contribution in [2.24, 2.45) is 5.41 Å². The van der Waals surface area contributed by atoms with Gasteiger partial charge in [-0.25, -0.2) is 4.98 Å². The van der Waals surface area contributed by atoms with Crippen LogP contribution in [0, 0.1) is 5.41 Å². The first-order valence-electron chi connectivity index (χ1n) is 9.55. The van der Waals surface area contributed by atoms with Gasteiger partial charge in [0.05, 0.1) is 6.54 Å². The molecule has 0 aromatic carbocycles. The van der Waals surface area contributed by atoms with E-state index in [1.54, 1.807) is 11.3 Å². The molecular formula is C20H28N4OS. The molecule has 1 atom stereocenters. The van der Waals surface area contributed by atoms with E-state index in [-0.39, 0.29) is 5.91 Å². The fourth-order valence-electron chi connectivity index (χ4n) is 4.48. The molecule has 5 nitrogen and oxygen atoms in total. The Balaban J connectivity index is 1.35. The first-order valence-corrected chi connectivity index (χ1v) is 10.4. The second kappa shape index (κ2) is 6.82. The summed E-state index contributed by atoms with van der Waals surface area (Å²) in [6.45, 7) is 6.94. The van der Waals surface area contributed by atoms with Crippen molar-refractivity contribution in [3.8, 4) is 0 Å². The summed E-state index contributed by atoms with van der Waals surface area (Å²) in [5, 5.41) is 3.24. The van der Waals surface area contributed by atoms with Crippen LogP contribution in [-0.4, -0.2) is 51.4 Å². The number of piperidine rings is 1. The number of likely N-dealkylation sites (tertiary alicyclic amines) is 1. The molecule has 2 aliphatic rings. The van der Waals surface area contributed by atoms with Crippen LogP contribution in [0.2, 0.25) is 0 Å². The van der Waals surface area contributed by atoms with Crippen molar-refractivity contribution in [1.29, 1.82) is 0 Å². The Morgan fingerprint density at radius 2 is 2.19 bits per heavy atom. The van der Waals surface area contributed by atoms with E-state index in [4.69, 9.17) is 0 Å². The second-order valence-corrected chi connectivity index (χ2v) is 9.09. The van der Waals surface area contributed by atoms with Crippen LogP contribution in [0.15, 0.2) is 29.9 Å². The van der Waals surface area contributed by atoms with Gasteiger partial charge in [0, 0.05) is 42.9 Å². The van der Waals surface area contributed by atoms with Crippen molar-refractivity contribution in [3.63, 3.8) is 0 Å². The maximum atomic E-state index is 12.9. The van der Waals surface area contributed by atoms with Gasteiger partial charge in [-0.05, 0) is 57.7 Å². The second-order valence-electron chi connectivity index (χ2n) is 8.11. The highest BCUT2D eigenvalue weighted by molar-refractivity contribution is 7.09. The Kier molecular flexibility index (Phi) is 4.65. The minimum absolute atomic E-state index is 0.187. The molecule has 3 heterocycles. The zero-order chi connectivity index (χ0) is 18.3. The summed E-state index contributed by atoms with van der Waals surface area (Å²) in [5.41, 5.74) is 1.24.